The lowest BCUT2D eigenvalue weighted by Gasteiger charge is -2.31. The molecule has 262 valence electrons. The van der Waals surface area contributed by atoms with Crippen LogP contribution in [-0.2, 0) is 5.41 Å². The van der Waals surface area contributed by atoms with Crippen molar-refractivity contribution in [1.29, 1.82) is 0 Å². The van der Waals surface area contributed by atoms with Gasteiger partial charge in [0, 0.05) is 27.6 Å². The van der Waals surface area contributed by atoms with Crippen molar-refractivity contribution in [3.63, 3.8) is 0 Å². The van der Waals surface area contributed by atoms with Gasteiger partial charge in [0.1, 0.15) is 16.8 Å². The number of allylic oxidation sites excluding steroid dienone is 1. The Labute approximate surface area is 322 Å². The highest BCUT2D eigenvalue weighted by molar-refractivity contribution is 6.05. The van der Waals surface area contributed by atoms with Crippen LogP contribution >= 0.6 is 0 Å². The Morgan fingerprint density at radius 3 is 1.48 bits per heavy atom. The summed E-state index contributed by atoms with van der Waals surface area (Å²) in [5, 5.41) is 0.966. The van der Waals surface area contributed by atoms with Crippen LogP contribution in [0.3, 0.4) is 0 Å². The Balaban J connectivity index is 1.03. The molecule has 3 aliphatic rings. The molecule has 7 aromatic carbocycles. The molecule has 0 amide bonds. The highest BCUT2D eigenvalue weighted by Gasteiger charge is 2.60. The number of benzene rings is 7. The second-order valence-corrected chi connectivity index (χ2v) is 14.3. The summed E-state index contributed by atoms with van der Waals surface area (Å²) in [6.07, 6.45) is 0. The fraction of sp³-hybridized carbons (Fsp3) is 0.0200. The maximum Gasteiger partial charge on any atom is 0.179 e. The lowest BCUT2D eigenvalue weighted by Crippen LogP contribution is -2.30. The van der Waals surface area contributed by atoms with Crippen molar-refractivity contribution in [2.75, 3.05) is 0 Å². The van der Waals surface area contributed by atoms with E-state index in [9.17, 15) is 0 Å². The molecular formula is C50H29N3O3. The van der Waals surface area contributed by atoms with E-state index in [2.05, 4.69) is 91.0 Å². The summed E-state index contributed by atoms with van der Waals surface area (Å²) in [4.78, 5) is 14.8. The largest absolute Gasteiger partial charge is 0.458 e. The molecule has 56 heavy (non-hydrogen) atoms. The molecule has 2 aromatic heterocycles. The van der Waals surface area contributed by atoms with Crippen molar-refractivity contribution in [2.24, 2.45) is 0 Å². The van der Waals surface area contributed by atoms with Crippen LogP contribution in [0.4, 0.5) is 0 Å². The molecule has 6 nitrogen and oxygen atoms in total. The van der Waals surface area contributed by atoms with E-state index in [-0.39, 0.29) is 0 Å². The van der Waals surface area contributed by atoms with Crippen molar-refractivity contribution in [3.8, 4) is 67.9 Å². The quantitative estimate of drug-likeness (QED) is 0.180. The predicted molar refractivity (Wildman–Crippen MR) is 218 cm³/mol. The van der Waals surface area contributed by atoms with Gasteiger partial charge in [0.25, 0.3) is 0 Å². The van der Waals surface area contributed by atoms with Crippen molar-refractivity contribution in [2.45, 2.75) is 5.41 Å². The summed E-state index contributed by atoms with van der Waals surface area (Å²) in [5.74, 6) is 5.46. The van der Waals surface area contributed by atoms with Crippen LogP contribution in [0.5, 0.6) is 11.5 Å². The van der Waals surface area contributed by atoms with E-state index in [1.54, 1.807) is 0 Å². The second-order valence-electron chi connectivity index (χ2n) is 14.3. The van der Waals surface area contributed by atoms with Crippen LogP contribution in [0.15, 0.2) is 186 Å². The number of fused-ring (bicyclic) bond motifs is 12. The van der Waals surface area contributed by atoms with Crippen molar-refractivity contribution < 1.29 is 13.9 Å². The molecule has 6 heteroatoms. The van der Waals surface area contributed by atoms with E-state index in [4.69, 9.17) is 28.8 Å². The van der Waals surface area contributed by atoms with Gasteiger partial charge in [-0.1, -0.05) is 164 Å². The van der Waals surface area contributed by atoms with Gasteiger partial charge in [-0.3, -0.25) is 0 Å². The Bertz CT molecular complexity index is 2970. The lowest BCUT2D eigenvalue weighted by atomic mass is 9.76. The summed E-state index contributed by atoms with van der Waals surface area (Å²) in [6.45, 7) is 0. The highest BCUT2D eigenvalue weighted by atomic mass is 16.6. The van der Waals surface area contributed by atoms with Gasteiger partial charge in [-0.05, 0) is 39.9 Å². The first-order valence-corrected chi connectivity index (χ1v) is 18.7. The normalized spacial score (nSPS) is 14.1. The number of nitrogens with zero attached hydrogens (tertiary/aromatic N) is 3. The third-order valence-corrected chi connectivity index (χ3v) is 11.2. The fourth-order valence-electron chi connectivity index (χ4n) is 8.74. The van der Waals surface area contributed by atoms with E-state index < -0.39 is 5.41 Å². The van der Waals surface area contributed by atoms with Gasteiger partial charge in [-0.2, -0.15) is 0 Å². The van der Waals surface area contributed by atoms with Gasteiger partial charge in [0.2, 0.25) is 0 Å². The first-order chi connectivity index (χ1) is 27.8. The van der Waals surface area contributed by atoms with Gasteiger partial charge in [-0.25, -0.2) is 15.0 Å². The van der Waals surface area contributed by atoms with Gasteiger partial charge in [0.05, 0.1) is 5.56 Å². The number of aromatic nitrogens is 3. The minimum absolute atomic E-state index is 0.606. The predicted octanol–water partition coefficient (Wildman–Crippen LogP) is 11.8. The molecule has 3 heterocycles. The molecule has 0 bridgehead atoms. The van der Waals surface area contributed by atoms with Crippen molar-refractivity contribution in [3.05, 3.63) is 204 Å². The van der Waals surface area contributed by atoms with Crippen molar-refractivity contribution >= 4 is 16.7 Å². The Morgan fingerprint density at radius 1 is 0.393 bits per heavy atom. The minimum Gasteiger partial charge on any atom is -0.458 e. The van der Waals surface area contributed by atoms with E-state index in [1.165, 1.54) is 0 Å². The van der Waals surface area contributed by atoms with Crippen molar-refractivity contribution in [1.82, 2.24) is 15.0 Å². The monoisotopic (exact) mass is 719 g/mol. The highest BCUT2D eigenvalue weighted by Crippen LogP contribution is 2.65. The molecule has 9 aromatic rings. The lowest BCUT2D eigenvalue weighted by molar-refractivity contribution is 0.306. The summed E-state index contributed by atoms with van der Waals surface area (Å²) in [5.41, 5.74) is 10.2. The van der Waals surface area contributed by atoms with E-state index in [0.717, 1.165) is 78.1 Å². The number of rotatable bonds is 4. The molecule has 0 saturated carbocycles. The van der Waals surface area contributed by atoms with E-state index >= 15 is 0 Å². The Kier molecular flexibility index (Phi) is 6.45. The van der Waals surface area contributed by atoms with Crippen LogP contribution in [0, 0.1) is 0 Å². The number of ether oxygens (including phenoxy) is 2. The molecule has 1 aliphatic heterocycles. The van der Waals surface area contributed by atoms with Crippen LogP contribution in [0.1, 0.15) is 22.5 Å². The summed E-state index contributed by atoms with van der Waals surface area (Å²) in [6, 6.07) is 59.7. The van der Waals surface area contributed by atoms with Gasteiger partial charge in [0.15, 0.2) is 40.5 Å². The van der Waals surface area contributed by atoms with Crippen LogP contribution in [0.2, 0.25) is 0 Å². The zero-order valence-electron chi connectivity index (χ0n) is 29.8. The SMILES string of the molecule is c1ccc(-c2nc(-c3ccccc3)nc(-c3ccc(-c4cccc5c6c(oc45)C4(C5=C6Oc6ccccc6O5)c5ccccc5-c5ccccc54)cc3)n2)cc1. The topological polar surface area (TPSA) is 70.3 Å². The molecule has 2 aliphatic carbocycles. The minimum atomic E-state index is -0.836. The molecular weight excluding hydrogens is 691 g/mol. The molecule has 0 fully saturated rings. The smallest absolute Gasteiger partial charge is 0.179 e. The molecule has 1 spiro atoms. The standard InChI is InChI=1S/C50H29N3O3/c1-3-14-31(15-4-1)47-51-48(32-16-5-2-6-17-32)53-49(52-47)33-28-26-30(27-29-33)34-20-13-21-37-42-44-46(55-41-25-12-11-24-40(41)54-44)50(45(42)56-43(34)37)38-22-9-7-18-35(38)36-19-8-10-23-39(36)50/h1-29H. The molecule has 0 saturated heterocycles. The number of para-hydroxylation sites is 3. The third kappa shape index (κ3) is 4.29. The zero-order valence-corrected chi connectivity index (χ0v) is 29.8. The number of furan rings is 1. The Hall–Kier alpha value is -7.57. The van der Waals surface area contributed by atoms with Gasteiger partial charge < -0.3 is 13.9 Å². The van der Waals surface area contributed by atoms with E-state index in [1.807, 2.05) is 84.9 Å². The first-order valence-electron chi connectivity index (χ1n) is 18.7. The molecule has 12 rings (SSSR count). The van der Waals surface area contributed by atoms with Crippen LogP contribution in [-0.4, -0.2) is 15.0 Å². The molecule has 0 atom stereocenters. The van der Waals surface area contributed by atoms with Crippen LogP contribution in [0.25, 0.3) is 73.1 Å². The molecule has 0 N–H and O–H groups in total. The molecule has 0 unspecified atom stereocenters. The number of hydrogen-bond donors (Lipinski definition) is 0. The van der Waals surface area contributed by atoms with Gasteiger partial charge >= 0.3 is 0 Å². The summed E-state index contributed by atoms with van der Waals surface area (Å²) < 4.78 is 21.0. The summed E-state index contributed by atoms with van der Waals surface area (Å²) in [7, 11) is 0. The second kappa shape index (κ2) is 11.7. The zero-order chi connectivity index (χ0) is 36.8. The van der Waals surface area contributed by atoms with Gasteiger partial charge in [-0.15, -0.1) is 0 Å². The maximum atomic E-state index is 7.25. The van der Waals surface area contributed by atoms with E-state index in [0.29, 0.717) is 34.7 Å². The number of hydrogen-bond acceptors (Lipinski definition) is 6. The Morgan fingerprint density at radius 2 is 0.875 bits per heavy atom. The fourth-order valence-corrected chi connectivity index (χ4v) is 8.74. The summed E-state index contributed by atoms with van der Waals surface area (Å²) >= 11 is 0. The van der Waals surface area contributed by atoms with Crippen LogP contribution < -0.4 is 9.47 Å². The molecule has 0 radical (unpaired) electrons. The first kappa shape index (κ1) is 30.8. The average molecular weight is 720 g/mol. The maximum absolute atomic E-state index is 7.25. The average Bonchev–Trinajstić information content (AvgIpc) is 3.90. The third-order valence-electron chi connectivity index (χ3n) is 11.2.